The van der Waals surface area contributed by atoms with Crippen molar-refractivity contribution >= 4 is 23.4 Å². The van der Waals surface area contributed by atoms with Crippen molar-refractivity contribution in [2.45, 2.75) is 93.9 Å². The fourth-order valence-corrected chi connectivity index (χ4v) is 10.4. The average Bonchev–Trinajstić information content (AvgIpc) is 2.88. The van der Waals surface area contributed by atoms with Gasteiger partial charge in [-0.3, -0.25) is 9.59 Å². The van der Waals surface area contributed by atoms with Gasteiger partial charge in [0.15, 0.2) is 11.6 Å². The largest absolute Gasteiger partial charge is 0.385 e. The summed E-state index contributed by atoms with van der Waals surface area (Å²) in [7, 11) is 0. The molecule has 0 amide bonds. The normalized spacial score (nSPS) is 46.0. The van der Waals surface area contributed by atoms with Crippen LogP contribution in [-0.2, 0) is 19.2 Å². The first-order chi connectivity index (χ1) is 18.5. The molecule has 5 rings (SSSR count). The number of nitrogens with zero attached hydrogens (tertiary/aromatic N) is 2. The maximum Gasteiger partial charge on any atom is 0.341 e. The van der Waals surface area contributed by atoms with Crippen LogP contribution in [-0.4, -0.2) is 23.4 Å². The van der Waals surface area contributed by atoms with E-state index in [4.69, 9.17) is 10.6 Å². The highest BCUT2D eigenvalue weighted by Gasteiger charge is 2.71. The molecular weight excluding hydrogens is 502 g/mol. The van der Waals surface area contributed by atoms with Crippen molar-refractivity contribution in [1.29, 1.82) is 5.26 Å². The third kappa shape index (κ3) is 3.46. The minimum absolute atomic E-state index is 0.000486. The molecule has 5 aliphatic carbocycles. The number of nitriles is 1. The molecule has 216 valence electrons. The van der Waals surface area contributed by atoms with Crippen molar-refractivity contribution < 1.29 is 19.2 Å². The van der Waals surface area contributed by atoms with Gasteiger partial charge in [0.2, 0.25) is 0 Å². The van der Waals surface area contributed by atoms with Crippen LogP contribution in [0, 0.1) is 68.0 Å². The molecule has 0 aliphatic heterocycles. The van der Waals surface area contributed by atoms with Crippen molar-refractivity contribution in [2.24, 2.45) is 67.6 Å². The van der Waals surface area contributed by atoms with Gasteiger partial charge in [0.1, 0.15) is 11.9 Å². The van der Waals surface area contributed by atoms with Gasteiger partial charge in [0.25, 0.3) is 0 Å². The summed E-state index contributed by atoms with van der Waals surface area (Å²) < 4.78 is 0. The predicted molar refractivity (Wildman–Crippen MR) is 152 cm³/mol. The SMILES string of the molecule is CC(N)=NOC(=O)[C@]12CC[C@@H](C)[C@H](C)[C@H]1[C@H]1C(=O)C=C3[C@@]4(C)C=C(C#N)C(=O)C(C)(C)[C@@H]4CC[C@@]3(C)[C@]1(C)CC2. The number of allylic oxidation sites excluding steroid dienone is 4. The molecule has 3 saturated carbocycles. The predicted octanol–water partition coefficient (Wildman–Crippen LogP) is 5.90. The molecular formula is C33H45N3O4. The summed E-state index contributed by atoms with van der Waals surface area (Å²) in [5.41, 5.74) is 4.20. The molecule has 0 aromatic rings. The Hall–Kier alpha value is -2.75. The zero-order valence-corrected chi connectivity index (χ0v) is 25.4. The van der Waals surface area contributed by atoms with Crippen molar-refractivity contribution in [3.05, 3.63) is 23.3 Å². The Bertz CT molecular complexity index is 1310. The molecule has 0 radical (unpaired) electrons. The van der Waals surface area contributed by atoms with Crippen LogP contribution in [0.25, 0.3) is 0 Å². The summed E-state index contributed by atoms with van der Waals surface area (Å²) in [4.78, 5) is 47.0. The second-order valence-electron chi connectivity index (χ2n) is 15.0. The molecule has 5 aliphatic rings. The van der Waals surface area contributed by atoms with Gasteiger partial charge in [-0.1, -0.05) is 65.3 Å². The van der Waals surface area contributed by atoms with E-state index < -0.39 is 16.2 Å². The summed E-state index contributed by atoms with van der Waals surface area (Å²) in [6.45, 7) is 16.6. The van der Waals surface area contributed by atoms with Gasteiger partial charge in [-0.2, -0.15) is 5.26 Å². The summed E-state index contributed by atoms with van der Waals surface area (Å²) in [6, 6.07) is 2.17. The van der Waals surface area contributed by atoms with Crippen LogP contribution in [0.1, 0.15) is 93.9 Å². The van der Waals surface area contributed by atoms with Crippen molar-refractivity contribution in [3.63, 3.8) is 0 Å². The fourth-order valence-electron chi connectivity index (χ4n) is 10.4. The Morgan fingerprint density at radius 3 is 2.38 bits per heavy atom. The molecule has 0 aromatic carbocycles. The summed E-state index contributed by atoms with van der Waals surface area (Å²) in [6.07, 6.45) is 8.36. The molecule has 40 heavy (non-hydrogen) atoms. The molecule has 7 nitrogen and oxygen atoms in total. The Morgan fingerprint density at radius 1 is 1.07 bits per heavy atom. The van der Waals surface area contributed by atoms with Crippen LogP contribution in [0.5, 0.6) is 0 Å². The first-order valence-electron chi connectivity index (χ1n) is 15.0. The number of hydrogen-bond acceptors (Lipinski definition) is 6. The van der Waals surface area contributed by atoms with Gasteiger partial charge >= 0.3 is 5.97 Å². The van der Waals surface area contributed by atoms with E-state index in [2.05, 4.69) is 45.8 Å². The molecule has 0 unspecified atom stereocenters. The fraction of sp³-hybridized carbons (Fsp3) is 0.727. The monoisotopic (exact) mass is 547 g/mol. The Kier molecular flexibility index (Phi) is 6.38. The van der Waals surface area contributed by atoms with E-state index in [9.17, 15) is 19.6 Å². The number of fused-ring (bicyclic) bond motifs is 7. The molecule has 0 spiro atoms. The Morgan fingerprint density at radius 2 is 1.75 bits per heavy atom. The number of amidine groups is 1. The van der Waals surface area contributed by atoms with E-state index >= 15 is 0 Å². The quantitative estimate of drug-likeness (QED) is 0.199. The number of oxime groups is 1. The molecule has 9 atom stereocenters. The topological polar surface area (TPSA) is 123 Å². The molecule has 0 heterocycles. The highest BCUT2D eigenvalue weighted by molar-refractivity contribution is 6.04. The van der Waals surface area contributed by atoms with E-state index in [0.29, 0.717) is 25.2 Å². The van der Waals surface area contributed by atoms with E-state index in [1.54, 1.807) is 6.92 Å². The van der Waals surface area contributed by atoms with Gasteiger partial charge < -0.3 is 10.6 Å². The van der Waals surface area contributed by atoms with Crippen molar-refractivity contribution in [2.75, 3.05) is 0 Å². The number of Topliss-reactive ketones (excluding diaryl/α,β-unsaturated/α-hetero) is 1. The number of rotatable bonds is 2. The average molecular weight is 548 g/mol. The zero-order valence-electron chi connectivity index (χ0n) is 25.4. The van der Waals surface area contributed by atoms with E-state index in [0.717, 1.165) is 24.8 Å². The maximum atomic E-state index is 14.5. The standard InChI is InChI=1S/C33H45N3O4/c1-18-9-12-33(28(39)40-36-20(3)35)14-13-32(8)26(25(33)19(18)2)22(37)15-24-30(6)16-21(17-34)27(38)29(4,5)23(30)10-11-31(24,32)7/h15-16,18-19,23,25-26H,9-14H2,1-8H3,(H2,35,36)/t18-,19+,23+,25+,26-,30+,31-,32-,33+/m1/s1. The number of carbonyl (C=O) groups is 3. The minimum atomic E-state index is -0.777. The van der Waals surface area contributed by atoms with Crippen molar-refractivity contribution in [1.82, 2.24) is 0 Å². The second kappa shape index (κ2) is 8.87. The van der Waals surface area contributed by atoms with Crippen LogP contribution in [0.3, 0.4) is 0 Å². The third-order valence-corrected chi connectivity index (χ3v) is 12.9. The number of ketones is 2. The van der Waals surface area contributed by atoms with Crippen LogP contribution in [0.15, 0.2) is 28.5 Å². The molecule has 7 heteroatoms. The molecule has 0 bridgehead atoms. The van der Waals surface area contributed by atoms with Crippen molar-refractivity contribution in [3.8, 4) is 6.07 Å². The van der Waals surface area contributed by atoms with Gasteiger partial charge in [-0.15, -0.1) is 0 Å². The molecule has 0 saturated heterocycles. The third-order valence-electron chi connectivity index (χ3n) is 12.9. The van der Waals surface area contributed by atoms with Crippen LogP contribution >= 0.6 is 0 Å². The lowest BCUT2D eigenvalue weighted by Gasteiger charge is -2.69. The summed E-state index contributed by atoms with van der Waals surface area (Å²) in [5, 5.41) is 13.7. The smallest absolute Gasteiger partial charge is 0.341 e. The lowest BCUT2D eigenvalue weighted by Crippen LogP contribution is -2.66. The van der Waals surface area contributed by atoms with Crippen LogP contribution < -0.4 is 5.73 Å². The lowest BCUT2D eigenvalue weighted by molar-refractivity contribution is -0.197. The van der Waals surface area contributed by atoms with Crippen LogP contribution in [0.2, 0.25) is 0 Å². The van der Waals surface area contributed by atoms with E-state index in [-0.39, 0.29) is 63.4 Å². The molecule has 2 N–H and O–H groups in total. The second-order valence-corrected chi connectivity index (χ2v) is 15.0. The summed E-state index contributed by atoms with van der Waals surface area (Å²) >= 11 is 0. The molecule has 0 aromatic heterocycles. The Balaban J connectivity index is 1.68. The zero-order chi connectivity index (χ0) is 29.6. The summed E-state index contributed by atoms with van der Waals surface area (Å²) in [5.74, 6) is -0.177. The van der Waals surface area contributed by atoms with Gasteiger partial charge in [-0.05, 0) is 86.0 Å². The van der Waals surface area contributed by atoms with E-state index in [1.807, 2.05) is 26.0 Å². The number of hydrogen-bond donors (Lipinski definition) is 1. The minimum Gasteiger partial charge on any atom is -0.385 e. The maximum absolute atomic E-state index is 14.5. The first kappa shape index (κ1) is 28.8. The molecule has 3 fully saturated rings. The number of carbonyl (C=O) groups excluding carboxylic acids is 3. The van der Waals surface area contributed by atoms with Gasteiger partial charge in [-0.25, -0.2) is 4.79 Å². The number of nitrogens with two attached hydrogens (primary N) is 1. The van der Waals surface area contributed by atoms with E-state index in [1.165, 1.54) is 0 Å². The van der Waals surface area contributed by atoms with Gasteiger partial charge in [0, 0.05) is 16.7 Å². The van der Waals surface area contributed by atoms with Crippen LogP contribution in [0.4, 0.5) is 0 Å². The first-order valence-corrected chi connectivity index (χ1v) is 15.0. The Labute approximate surface area is 238 Å². The van der Waals surface area contributed by atoms with Gasteiger partial charge in [0.05, 0.1) is 11.0 Å². The lowest BCUT2D eigenvalue weighted by atomic mass is 9.34. The highest BCUT2D eigenvalue weighted by atomic mass is 16.7. The highest BCUT2D eigenvalue weighted by Crippen LogP contribution is 2.74.